The van der Waals surface area contributed by atoms with Gasteiger partial charge in [-0.05, 0) is 82.7 Å². The molecule has 0 N–H and O–H groups in total. The van der Waals surface area contributed by atoms with E-state index >= 15 is 0 Å². The lowest BCUT2D eigenvalue weighted by molar-refractivity contribution is 0.0780. The van der Waals surface area contributed by atoms with Crippen LogP contribution in [0.5, 0.6) is 0 Å². The Hall–Kier alpha value is -5.66. The van der Waals surface area contributed by atoms with Crippen molar-refractivity contribution in [2.75, 3.05) is 0 Å². The molecule has 2 aliphatic carbocycles. The average Bonchev–Trinajstić information content (AvgIpc) is 3.16. The number of rotatable bonds is 5. The van der Waals surface area contributed by atoms with E-state index in [4.69, 9.17) is 15.0 Å². The molecule has 7 aromatic rings. The van der Waals surface area contributed by atoms with Gasteiger partial charge in [-0.2, -0.15) is 5.26 Å². The average molecular weight is 661 g/mol. The molecule has 0 radical (unpaired) electrons. The van der Waals surface area contributed by atoms with Crippen LogP contribution in [0.2, 0.25) is 0 Å². The highest BCUT2D eigenvalue weighted by Crippen LogP contribution is 2.54. The Kier molecular flexibility index (Phi) is 7.73. The molecule has 51 heavy (non-hydrogen) atoms. The van der Waals surface area contributed by atoms with Crippen molar-refractivity contribution in [2.45, 2.75) is 51.4 Å². The summed E-state index contributed by atoms with van der Waals surface area (Å²) < 4.78 is 0. The zero-order valence-electron chi connectivity index (χ0n) is 29.2. The standard InChI is InChI=1S/C47H40N4/c1-30-24-32-25-31(2)27-47(26-30,28-32)37-22-20-36(21-23-37)46-50-44(34-10-4-3-5-11-34)49-45(51-46)35-18-16-33(17-19-35)43-40-14-8-6-12-38(40)42(29-48)39-13-7-9-15-41(39)43/h3-23,30-32H,24-28H2,1-2H3/t30-,31+,32?,47?. The molecule has 4 nitrogen and oxygen atoms in total. The van der Waals surface area contributed by atoms with Crippen molar-refractivity contribution in [3.63, 3.8) is 0 Å². The molecule has 4 heteroatoms. The number of benzene rings is 6. The molecule has 248 valence electrons. The second kappa shape index (κ2) is 12.6. The lowest BCUT2D eigenvalue weighted by atomic mass is 9.54. The summed E-state index contributed by atoms with van der Waals surface area (Å²) >= 11 is 0. The molecule has 0 spiro atoms. The van der Waals surface area contributed by atoms with Gasteiger partial charge in [-0.15, -0.1) is 0 Å². The van der Waals surface area contributed by atoms with E-state index in [1.165, 1.54) is 37.7 Å². The smallest absolute Gasteiger partial charge is 0.164 e. The lowest BCUT2D eigenvalue weighted by Gasteiger charge is -2.50. The fourth-order valence-corrected chi connectivity index (χ4v) is 9.73. The first-order valence-corrected chi connectivity index (χ1v) is 18.3. The predicted molar refractivity (Wildman–Crippen MR) is 208 cm³/mol. The van der Waals surface area contributed by atoms with Crippen molar-refractivity contribution < 1.29 is 0 Å². The van der Waals surface area contributed by atoms with E-state index in [1.54, 1.807) is 0 Å². The number of fused-ring (bicyclic) bond motifs is 4. The fourth-order valence-electron chi connectivity index (χ4n) is 9.73. The third-order valence-electron chi connectivity index (χ3n) is 11.5. The van der Waals surface area contributed by atoms with E-state index in [0.29, 0.717) is 23.0 Å². The summed E-state index contributed by atoms with van der Waals surface area (Å²) in [5.41, 5.74) is 7.58. The molecule has 2 saturated carbocycles. The number of nitriles is 1. The SMILES string of the molecule is C[C@@H]1CC2C[C@H](C)CC(c3ccc(-c4nc(-c5ccccc5)nc(-c5ccc(-c6c7ccccc7c(C#N)c7ccccc67)cc5)n4)cc3)(C2)C1. The minimum absolute atomic E-state index is 0.283. The Balaban J connectivity index is 1.12. The molecular weight excluding hydrogens is 621 g/mol. The summed E-state index contributed by atoms with van der Waals surface area (Å²) in [7, 11) is 0. The van der Waals surface area contributed by atoms with Gasteiger partial charge >= 0.3 is 0 Å². The molecule has 6 aromatic carbocycles. The molecule has 2 unspecified atom stereocenters. The van der Waals surface area contributed by atoms with E-state index in [9.17, 15) is 5.26 Å². The Morgan fingerprint density at radius 2 is 0.941 bits per heavy atom. The van der Waals surface area contributed by atoms with E-state index in [-0.39, 0.29) is 5.41 Å². The van der Waals surface area contributed by atoms with Crippen LogP contribution >= 0.6 is 0 Å². The van der Waals surface area contributed by atoms with Gasteiger partial charge in [-0.1, -0.05) is 141 Å². The summed E-state index contributed by atoms with van der Waals surface area (Å²) in [4.78, 5) is 15.1. The van der Waals surface area contributed by atoms with Crippen molar-refractivity contribution in [1.82, 2.24) is 15.0 Å². The molecule has 4 atom stereocenters. The van der Waals surface area contributed by atoms with Gasteiger partial charge in [0.15, 0.2) is 17.5 Å². The maximum Gasteiger partial charge on any atom is 0.164 e. The summed E-state index contributed by atoms with van der Waals surface area (Å²) in [6, 6.07) is 46.8. The molecule has 2 bridgehead atoms. The van der Waals surface area contributed by atoms with Gasteiger partial charge in [0.2, 0.25) is 0 Å². The van der Waals surface area contributed by atoms with Crippen LogP contribution in [0.1, 0.15) is 57.1 Å². The normalized spacial score (nSPS) is 21.4. The van der Waals surface area contributed by atoms with Gasteiger partial charge in [-0.3, -0.25) is 0 Å². The van der Waals surface area contributed by atoms with Crippen LogP contribution in [0.4, 0.5) is 0 Å². The van der Waals surface area contributed by atoms with Crippen molar-refractivity contribution >= 4 is 21.5 Å². The van der Waals surface area contributed by atoms with Gasteiger partial charge in [-0.25, -0.2) is 15.0 Å². The van der Waals surface area contributed by atoms with Crippen molar-refractivity contribution in [3.8, 4) is 51.4 Å². The van der Waals surface area contributed by atoms with Crippen LogP contribution in [0.3, 0.4) is 0 Å². The quantitative estimate of drug-likeness (QED) is 0.172. The first-order chi connectivity index (χ1) is 25.0. The summed E-state index contributed by atoms with van der Waals surface area (Å²) in [5.74, 6) is 4.39. The highest BCUT2D eigenvalue weighted by Gasteiger charge is 2.45. The van der Waals surface area contributed by atoms with Gasteiger partial charge < -0.3 is 0 Å². The van der Waals surface area contributed by atoms with Crippen molar-refractivity contribution in [3.05, 3.63) is 139 Å². The minimum atomic E-state index is 0.283. The first-order valence-electron chi connectivity index (χ1n) is 18.3. The Bertz CT molecular complexity index is 2370. The van der Waals surface area contributed by atoms with E-state index in [0.717, 1.165) is 67.1 Å². The lowest BCUT2D eigenvalue weighted by Crippen LogP contribution is -2.42. The number of aromatic nitrogens is 3. The second-order valence-electron chi connectivity index (χ2n) is 15.2. The zero-order chi connectivity index (χ0) is 34.5. The molecule has 1 aromatic heterocycles. The minimum Gasteiger partial charge on any atom is -0.208 e. The third kappa shape index (κ3) is 5.58. The topological polar surface area (TPSA) is 62.5 Å². The highest BCUT2D eigenvalue weighted by molar-refractivity contribution is 6.16. The largest absolute Gasteiger partial charge is 0.208 e. The third-order valence-corrected chi connectivity index (χ3v) is 11.5. The predicted octanol–water partition coefficient (Wildman–Crippen LogP) is 11.8. The zero-order valence-corrected chi connectivity index (χ0v) is 29.2. The van der Waals surface area contributed by atoms with Crippen LogP contribution in [0, 0.1) is 29.1 Å². The maximum atomic E-state index is 10.1. The van der Waals surface area contributed by atoms with Gasteiger partial charge in [0.05, 0.1) is 5.56 Å². The van der Waals surface area contributed by atoms with E-state index in [1.807, 2.05) is 54.6 Å². The molecule has 1 heterocycles. The molecular formula is C47H40N4. The van der Waals surface area contributed by atoms with Crippen molar-refractivity contribution in [1.29, 1.82) is 5.26 Å². The first kappa shape index (κ1) is 31.3. The van der Waals surface area contributed by atoms with Gasteiger partial charge in [0, 0.05) is 27.5 Å². The monoisotopic (exact) mass is 660 g/mol. The molecule has 0 aliphatic heterocycles. The van der Waals surface area contributed by atoms with Gasteiger partial charge in [0.25, 0.3) is 0 Å². The van der Waals surface area contributed by atoms with Gasteiger partial charge in [0.1, 0.15) is 6.07 Å². The molecule has 2 aliphatic rings. The summed E-state index contributed by atoms with van der Waals surface area (Å²) in [5, 5.41) is 14.2. The van der Waals surface area contributed by atoms with Crippen molar-refractivity contribution in [2.24, 2.45) is 17.8 Å². The summed E-state index contributed by atoms with van der Waals surface area (Å²) in [6.07, 6.45) is 6.64. The highest BCUT2D eigenvalue weighted by atomic mass is 15.0. The second-order valence-corrected chi connectivity index (χ2v) is 15.2. The maximum absolute atomic E-state index is 10.1. The van der Waals surface area contributed by atoms with Crippen LogP contribution in [-0.2, 0) is 5.41 Å². The van der Waals surface area contributed by atoms with E-state index in [2.05, 4.69) is 92.7 Å². The summed E-state index contributed by atoms with van der Waals surface area (Å²) in [6.45, 7) is 4.90. The van der Waals surface area contributed by atoms with Crippen LogP contribution in [0.15, 0.2) is 127 Å². The Morgan fingerprint density at radius 1 is 0.510 bits per heavy atom. The molecule has 0 amide bonds. The number of nitrogens with zero attached hydrogens (tertiary/aromatic N) is 4. The van der Waals surface area contributed by atoms with Crippen LogP contribution in [-0.4, -0.2) is 15.0 Å². The Labute approximate surface area is 299 Å². The molecule has 0 saturated heterocycles. The van der Waals surface area contributed by atoms with E-state index < -0.39 is 0 Å². The number of hydrogen-bond donors (Lipinski definition) is 0. The number of hydrogen-bond acceptors (Lipinski definition) is 4. The molecule has 2 fully saturated rings. The fraction of sp³-hybridized carbons (Fsp3) is 0.234. The molecule has 9 rings (SSSR count). The van der Waals surface area contributed by atoms with Crippen LogP contribution < -0.4 is 0 Å². The Morgan fingerprint density at radius 3 is 1.45 bits per heavy atom. The van der Waals surface area contributed by atoms with Crippen LogP contribution in [0.25, 0.3) is 66.8 Å².